The van der Waals surface area contributed by atoms with Crippen LogP contribution in [0.15, 0.2) is 54.9 Å². The summed E-state index contributed by atoms with van der Waals surface area (Å²) in [5.74, 6) is 0.519. The Morgan fingerprint density at radius 2 is 1.96 bits per heavy atom. The molecular formula is C19H23N3O. The van der Waals surface area contributed by atoms with Crippen LogP contribution in [0.1, 0.15) is 28.8 Å². The largest absolute Gasteiger partial charge is 0.352 e. The number of hydrogen-bond donors (Lipinski definition) is 1. The highest BCUT2D eigenvalue weighted by Gasteiger charge is 2.20. The van der Waals surface area contributed by atoms with Crippen molar-refractivity contribution >= 4 is 5.91 Å². The second kappa shape index (κ2) is 7.88. The molecule has 0 radical (unpaired) electrons. The number of pyridine rings is 1. The van der Waals surface area contributed by atoms with E-state index < -0.39 is 0 Å². The molecule has 23 heavy (non-hydrogen) atoms. The third kappa shape index (κ3) is 4.63. The molecule has 0 unspecified atom stereocenters. The van der Waals surface area contributed by atoms with Crippen molar-refractivity contribution in [3.05, 3.63) is 66.0 Å². The number of hydrogen-bond acceptors (Lipinski definition) is 3. The number of amides is 1. The van der Waals surface area contributed by atoms with E-state index in [-0.39, 0.29) is 5.91 Å². The monoisotopic (exact) mass is 309 g/mol. The van der Waals surface area contributed by atoms with Crippen LogP contribution in [0.3, 0.4) is 0 Å². The lowest BCUT2D eigenvalue weighted by atomic mass is 9.97. The van der Waals surface area contributed by atoms with Gasteiger partial charge in [0.2, 0.25) is 0 Å². The molecule has 0 bridgehead atoms. The lowest BCUT2D eigenvalue weighted by Crippen LogP contribution is -2.40. The maximum absolute atomic E-state index is 12.1. The zero-order chi connectivity index (χ0) is 15.9. The Morgan fingerprint density at radius 1 is 1.17 bits per heavy atom. The van der Waals surface area contributed by atoms with Crippen molar-refractivity contribution < 1.29 is 4.79 Å². The fraction of sp³-hybridized carbons (Fsp3) is 0.368. The van der Waals surface area contributed by atoms with Crippen LogP contribution >= 0.6 is 0 Å². The molecule has 1 N–H and O–H groups in total. The van der Waals surface area contributed by atoms with Crippen molar-refractivity contribution in [2.24, 2.45) is 5.92 Å². The van der Waals surface area contributed by atoms with Crippen LogP contribution in [-0.4, -0.2) is 35.4 Å². The number of nitrogens with one attached hydrogen (secondary N) is 1. The van der Waals surface area contributed by atoms with Crippen molar-refractivity contribution in [1.82, 2.24) is 15.2 Å². The molecule has 4 nitrogen and oxygen atoms in total. The zero-order valence-corrected chi connectivity index (χ0v) is 13.3. The van der Waals surface area contributed by atoms with E-state index in [9.17, 15) is 4.79 Å². The van der Waals surface area contributed by atoms with Gasteiger partial charge in [-0.05, 0) is 43.0 Å². The van der Waals surface area contributed by atoms with Gasteiger partial charge in [-0.2, -0.15) is 0 Å². The minimum Gasteiger partial charge on any atom is -0.352 e. The fourth-order valence-corrected chi connectivity index (χ4v) is 3.15. The average molecular weight is 309 g/mol. The first kappa shape index (κ1) is 15.7. The molecule has 4 heteroatoms. The van der Waals surface area contributed by atoms with Crippen LogP contribution in [0.5, 0.6) is 0 Å². The molecule has 0 saturated carbocycles. The van der Waals surface area contributed by atoms with Crippen molar-refractivity contribution in [2.45, 2.75) is 19.4 Å². The van der Waals surface area contributed by atoms with Crippen LogP contribution in [0.2, 0.25) is 0 Å². The van der Waals surface area contributed by atoms with Crippen LogP contribution in [0.25, 0.3) is 0 Å². The maximum atomic E-state index is 12.1. The predicted octanol–water partition coefficient (Wildman–Crippen LogP) is 2.72. The van der Waals surface area contributed by atoms with Crippen LogP contribution in [0, 0.1) is 5.92 Å². The molecule has 120 valence electrons. The summed E-state index contributed by atoms with van der Waals surface area (Å²) >= 11 is 0. The van der Waals surface area contributed by atoms with E-state index in [4.69, 9.17) is 0 Å². The normalized spacial score (nSPS) is 18.5. The fourth-order valence-electron chi connectivity index (χ4n) is 3.15. The van der Waals surface area contributed by atoms with E-state index in [0.29, 0.717) is 11.5 Å². The average Bonchev–Trinajstić information content (AvgIpc) is 2.62. The number of benzene rings is 1. The van der Waals surface area contributed by atoms with Gasteiger partial charge in [0.05, 0.1) is 0 Å². The number of nitrogens with zero attached hydrogens (tertiary/aromatic N) is 2. The Labute approximate surface area is 137 Å². The van der Waals surface area contributed by atoms with Gasteiger partial charge < -0.3 is 5.32 Å². The van der Waals surface area contributed by atoms with Gasteiger partial charge in [0, 0.05) is 37.6 Å². The third-order valence-electron chi connectivity index (χ3n) is 4.35. The predicted molar refractivity (Wildman–Crippen MR) is 91.0 cm³/mol. The van der Waals surface area contributed by atoms with E-state index in [1.807, 2.05) is 0 Å². The summed E-state index contributed by atoms with van der Waals surface area (Å²) in [5.41, 5.74) is 2.03. The summed E-state index contributed by atoms with van der Waals surface area (Å²) in [5, 5.41) is 3.06. The summed E-state index contributed by atoms with van der Waals surface area (Å²) in [6.07, 6.45) is 5.68. The molecule has 1 aromatic carbocycles. The molecule has 3 rings (SSSR count). The SMILES string of the molecule is O=C(NC[C@H]1CCCN(Cc2ccccc2)C1)c1ccncc1. The number of piperidine rings is 1. The van der Waals surface area contributed by atoms with Crippen molar-refractivity contribution in [1.29, 1.82) is 0 Å². The van der Waals surface area contributed by atoms with Gasteiger partial charge in [-0.15, -0.1) is 0 Å². The van der Waals surface area contributed by atoms with Gasteiger partial charge in [-0.1, -0.05) is 30.3 Å². The summed E-state index contributed by atoms with van der Waals surface area (Å²) in [7, 11) is 0. The molecule has 2 aromatic rings. The number of rotatable bonds is 5. The summed E-state index contributed by atoms with van der Waals surface area (Å²) in [6, 6.07) is 14.1. The van der Waals surface area contributed by atoms with Gasteiger partial charge in [0.15, 0.2) is 0 Å². The topological polar surface area (TPSA) is 45.2 Å². The highest BCUT2D eigenvalue weighted by molar-refractivity contribution is 5.93. The molecule has 1 aliphatic rings. The summed E-state index contributed by atoms with van der Waals surface area (Å²) in [6.45, 7) is 3.93. The van der Waals surface area contributed by atoms with Gasteiger partial charge >= 0.3 is 0 Å². The maximum Gasteiger partial charge on any atom is 0.251 e. The Bertz CT molecular complexity index is 615. The van der Waals surface area contributed by atoms with E-state index in [1.165, 1.54) is 18.4 Å². The molecule has 1 amide bonds. The minimum absolute atomic E-state index is 0.00687. The molecule has 2 heterocycles. The van der Waals surface area contributed by atoms with Crippen molar-refractivity contribution in [2.75, 3.05) is 19.6 Å². The van der Waals surface area contributed by atoms with Crippen LogP contribution < -0.4 is 5.32 Å². The van der Waals surface area contributed by atoms with E-state index in [2.05, 4.69) is 45.5 Å². The molecule has 0 aliphatic carbocycles. The second-order valence-corrected chi connectivity index (χ2v) is 6.17. The Kier molecular flexibility index (Phi) is 5.37. The second-order valence-electron chi connectivity index (χ2n) is 6.17. The zero-order valence-electron chi connectivity index (χ0n) is 13.3. The number of carbonyl (C=O) groups excluding carboxylic acids is 1. The summed E-state index contributed by atoms with van der Waals surface area (Å²) in [4.78, 5) is 18.5. The van der Waals surface area contributed by atoms with E-state index in [0.717, 1.165) is 26.2 Å². The van der Waals surface area contributed by atoms with E-state index >= 15 is 0 Å². The Hall–Kier alpha value is -2.20. The van der Waals surface area contributed by atoms with Gasteiger partial charge in [-0.25, -0.2) is 0 Å². The molecular weight excluding hydrogens is 286 g/mol. The first-order chi connectivity index (χ1) is 11.3. The highest BCUT2D eigenvalue weighted by atomic mass is 16.1. The molecule has 1 atom stereocenters. The van der Waals surface area contributed by atoms with Crippen molar-refractivity contribution in [3.63, 3.8) is 0 Å². The number of likely N-dealkylation sites (tertiary alicyclic amines) is 1. The van der Waals surface area contributed by atoms with E-state index in [1.54, 1.807) is 24.5 Å². The third-order valence-corrected chi connectivity index (χ3v) is 4.35. The first-order valence-electron chi connectivity index (χ1n) is 8.26. The van der Waals surface area contributed by atoms with Gasteiger partial charge in [0.1, 0.15) is 0 Å². The standard InChI is InChI=1S/C19H23N3O/c23-19(18-8-10-20-11-9-18)21-13-17-7-4-12-22(15-17)14-16-5-2-1-3-6-16/h1-3,5-6,8-11,17H,4,7,12-15H2,(H,21,23)/t17-/m1/s1. The van der Waals surface area contributed by atoms with Gasteiger partial charge in [-0.3, -0.25) is 14.7 Å². The van der Waals surface area contributed by atoms with Gasteiger partial charge in [0.25, 0.3) is 5.91 Å². The summed E-state index contributed by atoms with van der Waals surface area (Å²) < 4.78 is 0. The lowest BCUT2D eigenvalue weighted by molar-refractivity contribution is 0.0930. The molecule has 1 aliphatic heterocycles. The number of carbonyl (C=O) groups is 1. The quantitative estimate of drug-likeness (QED) is 0.923. The lowest BCUT2D eigenvalue weighted by Gasteiger charge is -2.32. The Morgan fingerprint density at radius 3 is 2.74 bits per heavy atom. The molecule has 1 aromatic heterocycles. The number of aromatic nitrogens is 1. The minimum atomic E-state index is -0.00687. The van der Waals surface area contributed by atoms with Crippen LogP contribution in [0.4, 0.5) is 0 Å². The molecule has 0 spiro atoms. The molecule has 1 saturated heterocycles. The highest BCUT2D eigenvalue weighted by Crippen LogP contribution is 2.18. The first-order valence-corrected chi connectivity index (χ1v) is 8.26. The smallest absolute Gasteiger partial charge is 0.251 e. The van der Waals surface area contributed by atoms with Crippen molar-refractivity contribution in [3.8, 4) is 0 Å². The molecule has 1 fully saturated rings. The van der Waals surface area contributed by atoms with Crippen LogP contribution in [-0.2, 0) is 6.54 Å². The Balaban J connectivity index is 1.48.